The van der Waals surface area contributed by atoms with Gasteiger partial charge in [0.25, 0.3) is 0 Å². The van der Waals surface area contributed by atoms with E-state index in [4.69, 9.17) is 4.74 Å². The predicted octanol–water partition coefficient (Wildman–Crippen LogP) is 3.90. The van der Waals surface area contributed by atoms with Crippen LogP contribution in [-0.4, -0.2) is 20.2 Å². The highest BCUT2D eigenvalue weighted by atomic mass is 16.5. The van der Waals surface area contributed by atoms with Crippen LogP contribution in [0.25, 0.3) is 0 Å². The molecule has 0 spiro atoms. The van der Waals surface area contributed by atoms with E-state index in [2.05, 4.69) is 37.4 Å². The fourth-order valence-electron chi connectivity index (χ4n) is 3.51. The summed E-state index contributed by atoms with van der Waals surface area (Å²) in [5.74, 6) is 3.50. The average molecular weight is 275 g/mol. The summed E-state index contributed by atoms with van der Waals surface area (Å²) in [4.78, 5) is 0. The van der Waals surface area contributed by atoms with Crippen molar-refractivity contribution in [3.63, 3.8) is 0 Å². The average Bonchev–Trinajstić information content (AvgIpc) is 2.47. The molecule has 0 aromatic heterocycles. The van der Waals surface area contributed by atoms with Gasteiger partial charge in [-0.3, -0.25) is 0 Å². The third-order valence-corrected chi connectivity index (χ3v) is 4.69. The lowest BCUT2D eigenvalue weighted by atomic mass is 9.72. The van der Waals surface area contributed by atoms with Crippen LogP contribution in [0.1, 0.15) is 38.7 Å². The van der Waals surface area contributed by atoms with Crippen molar-refractivity contribution in [2.45, 2.75) is 39.5 Å². The first kappa shape index (κ1) is 15.4. The van der Waals surface area contributed by atoms with Crippen molar-refractivity contribution < 1.29 is 4.74 Å². The molecule has 2 nitrogen and oxygen atoms in total. The molecule has 3 unspecified atom stereocenters. The van der Waals surface area contributed by atoms with Gasteiger partial charge in [0.2, 0.25) is 0 Å². The van der Waals surface area contributed by atoms with Crippen molar-refractivity contribution in [3.05, 3.63) is 29.8 Å². The summed E-state index contributed by atoms with van der Waals surface area (Å²) in [6, 6.07) is 8.58. The maximum atomic E-state index is 5.34. The van der Waals surface area contributed by atoms with Gasteiger partial charge in [-0.15, -0.1) is 0 Å². The maximum absolute atomic E-state index is 5.34. The van der Waals surface area contributed by atoms with Gasteiger partial charge in [-0.05, 0) is 67.8 Å². The second kappa shape index (κ2) is 7.68. The highest BCUT2D eigenvalue weighted by Crippen LogP contribution is 2.35. The predicted molar refractivity (Wildman–Crippen MR) is 85.2 cm³/mol. The topological polar surface area (TPSA) is 21.3 Å². The number of rotatable bonds is 6. The second-order valence-corrected chi connectivity index (χ2v) is 6.30. The fraction of sp³-hybridized carbons (Fsp3) is 0.667. The van der Waals surface area contributed by atoms with Gasteiger partial charge in [0, 0.05) is 0 Å². The van der Waals surface area contributed by atoms with Crippen molar-refractivity contribution in [1.29, 1.82) is 0 Å². The quantitative estimate of drug-likeness (QED) is 0.850. The third kappa shape index (κ3) is 4.24. The van der Waals surface area contributed by atoms with Crippen LogP contribution < -0.4 is 10.1 Å². The molecular formula is C18H29NO. The Kier molecular flexibility index (Phi) is 5.90. The summed E-state index contributed by atoms with van der Waals surface area (Å²) >= 11 is 0. The van der Waals surface area contributed by atoms with Crippen molar-refractivity contribution in [2.24, 2.45) is 17.8 Å². The van der Waals surface area contributed by atoms with Gasteiger partial charge in [-0.1, -0.05) is 32.4 Å². The Balaban J connectivity index is 2.02. The van der Waals surface area contributed by atoms with Crippen molar-refractivity contribution >= 4 is 0 Å². The third-order valence-electron chi connectivity index (χ3n) is 4.69. The van der Waals surface area contributed by atoms with E-state index in [9.17, 15) is 0 Å². The van der Waals surface area contributed by atoms with E-state index in [-0.39, 0.29) is 0 Å². The molecule has 1 aliphatic rings. The van der Waals surface area contributed by atoms with Crippen LogP contribution in [0.15, 0.2) is 24.3 Å². The van der Waals surface area contributed by atoms with Crippen LogP contribution in [0.2, 0.25) is 0 Å². The SMILES string of the molecule is CCNCC1CCC(C)CC1Cc1cccc(OC)c1. The van der Waals surface area contributed by atoms with Crippen LogP contribution >= 0.6 is 0 Å². The van der Waals surface area contributed by atoms with Crippen LogP contribution in [0.4, 0.5) is 0 Å². The number of methoxy groups -OCH3 is 1. The zero-order valence-electron chi connectivity index (χ0n) is 13.2. The molecule has 20 heavy (non-hydrogen) atoms. The summed E-state index contributed by atoms with van der Waals surface area (Å²) in [6.07, 6.45) is 5.33. The van der Waals surface area contributed by atoms with E-state index in [1.165, 1.54) is 37.8 Å². The van der Waals surface area contributed by atoms with E-state index in [1.54, 1.807) is 7.11 Å². The van der Waals surface area contributed by atoms with Gasteiger partial charge in [0.15, 0.2) is 0 Å². The molecule has 0 saturated heterocycles. The van der Waals surface area contributed by atoms with E-state index >= 15 is 0 Å². The molecule has 0 aliphatic heterocycles. The molecule has 2 rings (SSSR count). The van der Waals surface area contributed by atoms with Crippen molar-refractivity contribution in [1.82, 2.24) is 5.32 Å². The lowest BCUT2D eigenvalue weighted by Gasteiger charge is -2.35. The molecular weight excluding hydrogens is 246 g/mol. The highest BCUT2D eigenvalue weighted by molar-refractivity contribution is 5.28. The smallest absolute Gasteiger partial charge is 0.119 e. The lowest BCUT2D eigenvalue weighted by molar-refractivity contribution is 0.184. The van der Waals surface area contributed by atoms with Crippen LogP contribution in [-0.2, 0) is 6.42 Å². The number of ether oxygens (including phenoxy) is 1. The Morgan fingerprint density at radius 3 is 2.85 bits per heavy atom. The molecule has 1 fully saturated rings. The molecule has 0 amide bonds. The molecule has 1 N–H and O–H groups in total. The Bertz CT molecular complexity index is 402. The van der Waals surface area contributed by atoms with Gasteiger partial charge in [0.1, 0.15) is 5.75 Å². The van der Waals surface area contributed by atoms with E-state index in [0.29, 0.717) is 0 Å². The molecule has 1 saturated carbocycles. The molecule has 3 atom stereocenters. The molecule has 112 valence electrons. The molecule has 1 aromatic carbocycles. The Labute approximate surface area is 123 Å². The Hall–Kier alpha value is -1.02. The minimum atomic E-state index is 0.810. The van der Waals surface area contributed by atoms with Gasteiger partial charge in [-0.2, -0.15) is 0 Å². The van der Waals surface area contributed by atoms with Gasteiger partial charge >= 0.3 is 0 Å². The van der Waals surface area contributed by atoms with Crippen molar-refractivity contribution in [3.8, 4) is 5.75 Å². The lowest BCUT2D eigenvalue weighted by Crippen LogP contribution is -2.33. The fourth-order valence-corrected chi connectivity index (χ4v) is 3.51. The number of hydrogen-bond donors (Lipinski definition) is 1. The highest BCUT2D eigenvalue weighted by Gasteiger charge is 2.28. The first-order valence-corrected chi connectivity index (χ1v) is 8.06. The Morgan fingerprint density at radius 2 is 2.10 bits per heavy atom. The summed E-state index contributed by atoms with van der Waals surface area (Å²) in [5, 5.41) is 3.55. The van der Waals surface area contributed by atoms with Crippen LogP contribution in [0.3, 0.4) is 0 Å². The van der Waals surface area contributed by atoms with E-state index < -0.39 is 0 Å². The minimum Gasteiger partial charge on any atom is -0.497 e. The van der Waals surface area contributed by atoms with Gasteiger partial charge in [-0.25, -0.2) is 0 Å². The summed E-state index contributed by atoms with van der Waals surface area (Å²) in [5.41, 5.74) is 1.42. The van der Waals surface area contributed by atoms with E-state index in [0.717, 1.165) is 30.0 Å². The van der Waals surface area contributed by atoms with E-state index in [1.807, 2.05) is 6.07 Å². The first-order chi connectivity index (χ1) is 9.72. The molecule has 1 aliphatic carbocycles. The summed E-state index contributed by atoms with van der Waals surface area (Å²) < 4.78 is 5.34. The second-order valence-electron chi connectivity index (χ2n) is 6.30. The zero-order chi connectivity index (χ0) is 14.4. The first-order valence-electron chi connectivity index (χ1n) is 8.06. The van der Waals surface area contributed by atoms with Crippen LogP contribution in [0.5, 0.6) is 5.75 Å². The summed E-state index contributed by atoms with van der Waals surface area (Å²) in [7, 11) is 1.75. The Morgan fingerprint density at radius 1 is 1.25 bits per heavy atom. The van der Waals surface area contributed by atoms with Gasteiger partial charge in [0.05, 0.1) is 7.11 Å². The largest absolute Gasteiger partial charge is 0.497 e. The maximum Gasteiger partial charge on any atom is 0.119 e. The molecule has 2 heteroatoms. The standard InChI is InChI=1S/C18H29NO/c1-4-19-13-16-9-8-14(2)10-17(16)11-15-6-5-7-18(12-15)20-3/h5-7,12,14,16-17,19H,4,8-11,13H2,1-3H3. The number of nitrogens with one attached hydrogen (secondary N) is 1. The molecule has 0 bridgehead atoms. The zero-order valence-corrected chi connectivity index (χ0v) is 13.2. The van der Waals surface area contributed by atoms with Crippen LogP contribution in [0, 0.1) is 17.8 Å². The molecule has 1 aromatic rings. The molecule has 0 radical (unpaired) electrons. The molecule has 0 heterocycles. The van der Waals surface area contributed by atoms with Crippen molar-refractivity contribution in [2.75, 3.05) is 20.2 Å². The summed E-state index contributed by atoms with van der Waals surface area (Å²) in [6.45, 7) is 6.86. The number of hydrogen-bond acceptors (Lipinski definition) is 2. The van der Waals surface area contributed by atoms with Gasteiger partial charge < -0.3 is 10.1 Å². The normalized spacial score (nSPS) is 26.4. The minimum absolute atomic E-state index is 0.810. The monoisotopic (exact) mass is 275 g/mol. The number of benzene rings is 1.